The predicted molar refractivity (Wildman–Crippen MR) is 110 cm³/mol. The Morgan fingerprint density at radius 2 is 1.96 bits per heavy atom. The molecule has 1 aromatic heterocycles. The number of piperidine rings is 1. The average Bonchev–Trinajstić information content (AvgIpc) is 3.02. The number of aryl methyl sites for hydroxylation is 2. The van der Waals surface area contributed by atoms with Gasteiger partial charge >= 0.3 is 0 Å². The van der Waals surface area contributed by atoms with Crippen molar-refractivity contribution >= 4 is 27.0 Å². The van der Waals surface area contributed by atoms with Gasteiger partial charge in [-0.3, -0.25) is 4.79 Å². The van der Waals surface area contributed by atoms with Crippen LogP contribution < -0.4 is 5.32 Å². The zero-order chi connectivity index (χ0) is 20.3. The van der Waals surface area contributed by atoms with Gasteiger partial charge in [-0.15, -0.1) is 0 Å². The standard InChI is InChI=1S/C20H30N4O3S/c1-4-15(2)21-20(25)11-10-19-22-17-14-16(8-9-18(17)23(19)3)28(26,27)24-12-6-5-7-13-24/h8-9,14-15H,4-7,10-13H2,1-3H3,(H,21,25)/t15-/m1/s1. The lowest BCUT2D eigenvalue weighted by molar-refractivity contribution is -0.121. The summed E-state index contributed by atoms with van der Waals surface area (Å²) in [6.45, 7) is 5.18. The summed E-state index contributed by atoms with van der Waals surface area (Å²) in [5.74, 6) is 0.789. The van der Waals surface area contributed by atoms with Gasteiger partial charge in [-0.2, -0.15) is 4.31 Å². The number of imidazole rings is 1. The fraction of sp³-hybridized carbons (Fsp3) is 0.600. The van der Waals surface area contributed by atoms with Crippen LogP contribution in [-0.4, -0.2) is 47.3 Å². The molecule has 0 unspecified atom stereocenters. The number of rotatable bonds is 7. The molecule has 1 aliphatic rings. The van der Waals surface area contributed by atoms with Gasteiger partial charge in [0.1, 0.15) is 5.82 Å². The summed E-state index contributed by atoms with van der Waals surface area (Å²) in [5.41, 5.74) is 1.52. The maximum absolute atomic E-state index is 12.9. The van der Waals surface area contributed by atoms with Crippen molar-refractivity contribution in [3.8, 4) is 0 Å². The fourth-order valence-electron chi connectivity index (χ4n) is 3.54. The molecule has 1 N–H and O–H groups in total. The molecule has 0 radical (unpaired) electrons. The Bertz CT molecular complexity index is 946. The van der Waals surface area contributed by atoms with E-state index in [2.05, 4.69) is 10.3 Å². The van der Waals surface area contributed by atoms with E-state index in [1.165, 1.54) is 0 Å². The minimum atomic E-state index is -3.48. The highest BCUT2D eigenvalue weighted by Crippen LogP contribution is 2.24. The minimum Gasteiger partial charge on any atom is -0.354 e. The summed E-state index contributed by atoms with van der Waals surface area (Å²) in [6.07, 6.45) is 4.68. The molecule has 0 bridgehead atoms. The van der Waals surface area contributed by atoms with Crippen molar-refractivity contribution in [1.29, 1.82) is 0 Å². The molecule has 1 aliphatic heterocycles. The van der Waals surface area contributed by atoms with E-state index in [9.17, 15) is 13.2 Å². The monoisotopic (exact) mass is 406 g/mol. The summed E-state index contributed by atoms with van der Waals surface area (Å²) in [4.78, 5) is 16.9. The number of fused-ring (bicyclic) bond motifs is 1. The van der Waals surface area contributed by atoms with Crippen LogP contribution in [0.2, 0.25) is 0 Å². The topological polar surface area (TPSA) is 84.3 Å². The van der Waals surface area contributed by atoms with E-state index in [4.69, 9.17) is 0 Å². The highest BCUT2D eigenvalue weighted by molar-refractivity contribution is 7.89. The number of hydrogen-bond donors (Lipinski definition) is 1. The summed E-state index contributed by atoms with van der Waals surface area (Å²) in [7, 11) is -1.58. The zero-order valence-electron chi connectivity index (χ0n) is 16.9. The molecule has 0 spiro atoms. The molecule has 7 nitrogen and oxygen atoms in total. The Morgan fingerprint density at radius 1 is 1.25 bits per heavy atom. The van der Waals surface area contributed by atoms with Crippen molar-refractivity contribution < 1.29 is 13.2 Å². The van der Waals surface area contributed by atoms with E-state index in [0.29, 0.717) is 36.3 Å². The third kappa shape index (κ3) is 4.38. The summed E-state index contributed by atoms with van der Waals surface area (Å²) in [5, 5.41) is 2.96. The van der Waals surface area contributed by atoms with Gasteiger partial charge in [0.2, 0.25) is 15.9 Å². The first kappa shape index (κ1) is 20.8. The van der Waals surface area contributed by atoms with Crippen LogP contribution in [0.4, 0.5) is 0 Å². The van der Waals surface area contributed by atoms with Crippen LogP contribution in [0.3, 0.4) is 0 Å². The molecule has 8 heteroatoms. The van der Waals surface area contributed by atoms with Gasteiger partial charge in [0.15, 0.2) is 0 Å². The number of amides is 1. The van der Waals surface area contributed by atoms with Gasteiger partial charge < -0.3 is 9.88 Å². The van der Waals surface area contributed by atoms with Crippen LogP contribution in [0.15, 0.2) is 23.1 Å². The molecule has 28 heavy (non-hydrogen) atoms. The van der Waals surface area contributed by atoms with E-state index in [0.717, 1.165) is 37.0 Å². The van der Waals surface area contributed by atoms with Gasteiger partial charge in [0, 0.05) is 39.0 Å². The highest BCUT2D eigenvalue weighted by Gasteiger charge is 2.26. The van der Waals surface area contributed by atoms with Crippen LogP contribution in [-0.2, 0) is 28.3 Å². The van der Waals surface area contributed by atoms with Crippen LogP contribution in [0.1, 0.15) is 51.8 Å². The predicted octanol–water partition coefficient (Wildman–Crippen LogP) is 2.60. The van der Waals surface area contributed by atoms with Crippen molar-refractivity contribution in [2.45, 2.75) is 63.3 Å². The number of nitrogens with one attached hydrogen (secondary N) is 1. The smallest absolute Gasteiger partial charge is 0.243 e. The molecule has 154 valence electrons. The number of hydrogen-bond acceptors (Lipinski definition) is 4. The van der Waals surface area contributed by atoms with Crippen LogP contribution in [0, 0.1) is 0 Å². The van der Waals surface area contributed by atoms with Crippen molar-refractivity contribution in [2.24, 2.45) is 7.05 Å². The number of benzene rings is 1. The Morgan fingerprint density at radius 3 is 2.64 bits per heavy atom. The van der Waals surface area contributed by atoms with E-state index in [1.807, 2.05) is 31.5 Å². The second-order valence-electron chi connectivity index (χ2n) is 7.58. The molecule has 1 saturated heterocycles. The lowest BCUT2D eigenvalue weighted by atomic mass is 10.2. The first-order chi connectivity index (χ1) is 13.3. The molecule has 2 aromatic rings. The maximum atomic E-state index is 12.9. The summed E-state index contributed by atoms with van der Waals surface area (Å²) in [6, 6.07) is 5.28. The second kappa shape index (κ2) is 8.61. The summed E-state index contributed by atoms with van der Waals surface area (Å²) >= 11 is 0. The normalized spacial score (nSPS) is 17.0. The Kier molecular flexibility index (Phi) is 6.40. The van der Waals surface area contributed by atoms with Crippen LogP contribution in [0.5, 0.6) is 0 Å². The van der Waals surface area contributed by atoms with Gasteiger partial charge in [0.25, 0.3) is 0 Å². The Hall–Kier alpha value is -1.93. The third-order valence-electron chi connectivity index (χ3n) is 5.49. The van der Waals surface area contributed by atoms with E-state index >= 15 is 0 Å². The quantitative estimate of drug-likeness (QED) is 0.766. The highest BCUT2D eigenvalue weighted by atomic mass is 32.2. The number of aromatic nitrogens is 2. The van der Waals surface area contributed by atoms with E-state index in [1.54, 1.807) is 16.4 Å². The maximum Gasteiger partial charge on any atom is 0.243 e. The lowest BCUT2D eigenvalue weighted by Crippen LogP contribution is -2.35. The van der Waals surface area contributed by atoms with Crippen molar-refractivity contribution in [2.75, 3.05) is 13.1 Å². The molecule has 2 heterocycles. The largest absolute Gasteiger partial charge is 0.354 e. The van der Waals surface area contributed by atoms with Crippen molar-refractivity contribution in [1.82, 2.24) is 19.2 Å². The number of sulfonamides is 1. The second-order valence-corrected chi connectivity index (χ2v) is 9.52. The molecule has 1 amide bonds. The summed E-state index contributed by atoms with van der Waals surface area (Å²) < 4.78 is 29.3. The zero-order valence-corrected chi connectivity index (χ0v) is 17.8. The first-order valence-electron chi connectivity index (χ1n) is 10.1. The van der Waals surface area contributed by atoms with Gasteiger partial charge in [-0.05, 0) is 44.4 Å². The number of carbonyl (C=O) groups is 1. The molecule has 1 atom stereocenters. The number of nitrogens with zero attached hydrogens (tertiary/aromatic N) is 3. The Balaban J connectivity index is 1.79. The first-order valence-corrected chi connectivity index (χ1v) is 11.5. The van der Waals surface area contributed by atoms with E-state index in [-0.39, 0.29) is 11.9 Å². The molecular weight excluding hydrogens is 376 g/mol. The fourth-order valence-corrected chi connectivity index (χ4v) is 5.08. The molecule has 1 fully saturated rings. The molecular formula is C20H30N4O3S. The van der Waals surface area contributed by atoms with Gasteiger partial charge in [-0.25, -0.2) is 13.4 Å². The lowest BCUT2D eigenvalue weighted by Gasteiger charge is -2.25. The molecule has 0 aliphatic carbocycles. The van der Waals surface area contributed by atoms with Gasteiger partial charge in [0.05, 0.1) is 15.9 Å². The minimum absolute atomic E-state index is 0.00905. The molecule has 0 saturated carbocycles. The molecule has 3 rings (SSSR count). The van der Waals surface area contributed by atoms with Crippen molar-refractivity contribution in [3.63, 3.8) is 0 Å². The SMILES string of the molecule is CC[C@@H](C)NC(=O)CCc1nc2cc(S(=O)(=O)N3CCCCC3)ccc2n1C. The van der Waals surface area contributed by atoms with Crippen LogP contribution in [0.25, 0.3) is 11.0 Å². The van der Waals surface area contributed by atoms with Gasteiger partial charge in [-0.1, -0.05) is 13.3 Å². The van der Waals surface area contributed by atoms with E-state index < -0.39 is 10.0 Å². The Labute approximate surface area is 167 Å². The average molecular weight is 407 g/mol. The third-order valence-corrected chi connectivity index (χ3v) is 7.39. The van der Waals surface area contributed by atoms with Crippen molar-refractivity contribution in [3.05, 3.63) is 24.0 Å². The molecule has 1 aromatic carbocycles. The van der Waals surface area contributed by atoms with Crippen LogP contribution >= 0.6 is 0 Å². The number of carbonyl (C=O) groups excluding carboxylic acids is 1.